The molecule has 0 radical (unpaired) electrons. The first-order valence-electron chi connectivity index (χ1n) is 10.9. The number of tetrazole rings is 1. The van der Waals surface area contributed by atoms with Crippen molar-refractivity contribution in [3.8, 4) is 5.69 Å². The number of thiophene rings is 1. The Morgan fingerprint density at radius 3 is 2.72 bits per heavy atom. The van der Waals surface area contributed by atoms with Gasteiger partial charge < -0.3 is 0 Å². The van der Waals surface area contributed by atoms with E-state index in [-0.39, 0.29) is 0 Å². The van der Waals surface area contributed by atoms with Crippen molar-refractivity contribution in [1.29, 1.82) is 0 Å². The maximum atomic E-state index is 4.94. The van der Waals surface area contributed by atoms with Gasteiger partial charge in [-0.2, -0.15) is 0 Å². The third-order valence-electron chi connectivity index (χ3n) is 6.57. The lowest BCUT2D eigenvalue weighted by atomic mass is 9.72. The van der Waals surface area contributed by atoms with Crippen LogP contribution in [0.3, 0.4) is 0 Å². The molecule has 0 aliphatic heterocycles. The van der Waals surface area contributed by atoms with Crippen molar-refractivity contribution in [3.05, 3.63) is 58.7 Å². The third-order valence-corrected chi connectivity index (χ3v) is 7.73. The number of hydrogen-bond acceptors (Lipinski definition) is 7. The standard InChI is InChI=1S/C23H24N8S/c1-23(2,3)15-6-9-17-18(11-15)32-22-20(17)21-26-19(27-31(21)12-24-22)10-14-4-7-16(8-5-14)30-13-25-28-29-30/h4-5,7-8,12-13,15H,6,9-11H2,1-3H3. The van der Waals surface area contributed by atoms with Gasteiger partial charge in [-0.3, -0.25) is 0 Å². The van der Waals surface area contributed by atoms with Gasteiger partial charge in [0.05, 0.1) is 11.1 Å². The van der Waals surface area contributed by atoms with Crippen molar-refractivity contribution in [3.63, 3.8) is 0 Å². The summed E-state index contributed by atoms with van der Waals surface area (Å²) in [6.45, 7) is 7.06. The minimum atomic E-state index is 0.332. The SMILES string of the molecule is CC(C)(C)C1CCc2c(sc3ncn4nc(Cc5ccc(-n6cnnn6)cc5)nc4c23)C1. The molecule has 0 saturated carbocycles. The summed E-state index contributed by atoms with van der Waals surface area (Å²) in [6, 6.07) is 8.13. The number of fused-ring (bicyclic) bond motifs is 5. The molecular formula is C23H24N8S. The largest absolute Gasteiger partial charge is 0.225 e. The summed E-state index contributed by atoms with van der Waals surface area (Å²) in [7, 11) is 0. The summed E-state index contributed by atoms with van der Waals surface area (Å²) in [5, 5.41) is 17.2. The van der Waals surface area contributed by atoms with E-state index in [0.29, 0.717) is 17.8 Å². The number of aryl methyl sites for hydroxylation is 1. The summed E-state index contributed by atoms with van der Waals surface area (Å²) in [5.74, 6) is 1.52. The van der Waals surface area contributed by atoms with Crippen LogP contribution in [0.4, 0.5) is 0 Å². The summed E-state index contributed by atoms with van der Waals surface area (Å²) >= 11 is 1.84. The Hall–Kier alpha value is -3.20. The fourth-order valence-electron chi connectivity index (χ4n) is 4.66. The highest BCUT2D eigenvalue weighted by Gasteiger charge is 2.31. The average Bonchev–Trinajstić information content (AvgIpc) is 3.50. The van der Waals surface area contributed by atoms with E-state index in [9.17, 15) is 0 Å². The Bertz CT molecular complexity index is 1410. The molecule has 1 aliphatic rings. The molecule has 9 heteroatoms. The molecule has 1 atom stereocenters. The lowest BCUT2D eigenvalue weighted by Crippen LogP contribution is -2.26. The van der Waals surface area contributed by atoms with Gasteiger partial charge in [0, 0.05) is 11.3 Å². The van der Waals surface area contributed by atoms with Gasteiger partial charge in [0.1, 0.15) is 17.5 Å². The fraction of sp³-hybridized carbons (Fsp3) is 0.391. The molecule has 6 rings (SSSR count). The molecule has 1 unspecified atom stereocenters. The van der Waals surface area contributed by atoms with E-state index in [4.69, 9.17) is 15.1 Å². The zero-order valence-electron chi connectivity index (χ0n) is 18.4. The van der Waals surface area contributed by atoms with Crippen LogP contribution in [-0.4, -0.2) is 39.8 Å². The highest BCUT2D eigenvalue weighted by atomic mass is 32.1. The summed E-state index contributed by atoms with van der Waals surface area (Å²) in [6.07, 6.45) is 7.51. The highest BCUT2D eigenvalue weighted by Crippen LogP contribution is 2.43. The number of nitrogens with zero attached hydrogens (tertiary/aromatic N) is 8. The lowest BCUT2D eigenvalue weighted by molar-refractivity contribution is 0.218. The van der Waals surface area contributed by atoms with Crippen LogP contribution >= 0.6 is 11.3 Å². The van der Waals surface area contributed by atoms with Gasteiger partial charge in [0.15, 0.2) is 11.5 Å². The van der Waals surface area contributed by atoms with Crippen LogP contribution in [0.1, 0.15) is 49.0 Å². The minimum Gasteiger partial charge on any atom is -0.225 e. The molecule has 1 aromatic carbocycles. The molecule has 5 aromatic rings. The Morgan fingerprint density at radius 1 is 1.12 bits per heavy atom. The number of rotatable bonds is 3. The molecule has 4 heterocycles. The van der Waals surface area contributed by atoms with E-state index < -0.39 is 0 Å². The van der Waals surface area contributed by atoms with Crippen LogP contribution in [0, 0.1) is 11.3 Å². The molecule has 0 amide bonds. The summed E-state index contributed by atoms with van der Waals surface area (Å²) in [4.78, 5) is 12.2. The molecule has 4 aromatic heterocycles. The van der Waals surface area contributed by atoms with Gasteiger partial charge in [-0.15, -0.1) is 21.5 Å². The van der Waals surface area contributed by atoms with Gasteiger partial charge in [-0.1, -0.05) is 32.9 Å². The highest BCUT2D eigenvalue weighted by molar-refractivity contribution is 7.19. The zero-order chi connectivity index (χ0) is 21.9. The maximum absolute atomic E-state index is 4.94. The second kappa shape index (κ2) is 7.16. The second-order valence-corrected chi connectivity index (χ2v) is 10.7. The average molecular weight is 445 g/mol. The van der Waals surface area contributed by atoms with Crippen molar-refractivity contribution in [2.45, 2.75) is 46.5 Å². The zero-order valence-corrected chi connectivity index (χ0v) is 19.2. The van der Waals surface area contributed by atoms with Crippen molar-refractivity contribution < 1.29 is 0 Å². The van der Waals surface area contributed by atoms with Crippen molar-refractivity contribution >= 4 is 27.2 Å². The Morgan fingerprint density at radius 2 is 1.97 bits per heavy atom. The molecule has 0 bridgehead atoms. The minimum absolute atomic E-state index is 0.332. The monoisotopic (exact) mass is 444 g/mol. The second-order valence-electron chi connectivity index (χ2n) is 9.63. The molecule has 32 heavy (non-hydrogen) atoms. The topological polar surface area (TPSA) is 86.7 Å². The third kappa shape index (κ3) is 3.28. The molecule has 162 valence electrons. The van der Waals surface area contributed by atoms with Crippen LogP contribution in [0.5, 0.6) is 0 Å². The predicted octanol–water partition coefficient (Wildman–Crippen LogP) is 4.06. The van der Waals surface area contributed by atoms with Gasteiger partial charge in [0.25, 0.3) is 0 Å². The molecule has 8 nitrogen and oxygen atoms in total. The van der Waals surface area contributed by atoms with Crippen molar-refractivity contribution in [2.24, 2.45) is 11.3 Å². The summed E-state index contributed by atoms with van der Waals surface area (Å²) in [5.41, 5.74) is 4.77. The van der Waals surface area contributed by atoms with E-state index in [1.54, 1.807) is 17.3 Å². The van der Waals surface area contributed by atoms with Crippen molar-refractivity contribution in [2.75, 3.05) is 0 Å². The van der Waals surface area contributed by atoms with Gasteiger partial charge in [-0.25, -0.2) is 19.2 Å². The van der Waals surface area contributed by atoms with Gasteiger partial charge in [0.2, 0.25) is 0 Å². The first-order chi connectivity index (χ1) is 15.5. The van der Waals surface area contributed by atoms with Crippen LogP contribution in [0.25, 0.3) is 21.6 Å². The first-order valence-corrected chi connectivity index (χ1v) is 11.7. The number of benzene rings is 1. The first kappa shape index (κ1) is 19.5. The lowest BCUT2D eigenvalue weighted by Gasteiger charge is -2.33. The van der Waals surface area contributed by atoms with Gasteiger partial charge in [-0.05, 0) is 64.3 Å². The Labute approximate surface area is 189 Å². The van der Waals surface area contributed by atoms with Crippen LogP contribution in [0.2, 0.25) is 0 Å². The normalized spacial score (nSPS) is 16.7. The quantitative estimate of drug-likeness (QED) is 0.417. The fourth-order valence-corrected chi connectivity index (χ4v) is 5.92. The Balaban J connectivity index is 1.33. The molecular weight excluding hydrogens is 420 g/mol. The van der Waals surface area contributed by atoms with Crippen LogP contribution < -0.4 is 0 Å². The maximum Gasteiger partial charge on any atom is 0.167 e. The van der Waals surface area contributed by atoms with Crippen molar-refractivity contribution in [1.82, 2.24) is 39.8 Å². The molecule has 0 spiro atoms. The number of hydrogen-bond donors (Lipinski definition) is 0. The van der Waals surface area contributed by atoms with Gasteiger partial charge >= 0.3 is 0 Å². The van der Waals surface area contributed by atoms with Crippen LogP contribution in [0.15, 0.2) is 36.9 Å². The van der Waals surface area contributed by atoms with Crippen LogP contribution in [-0.2, 0) is 19.3 Å². The molecule has 0 fully saturated rings. The van der Waals surface area contributed by atoms with E-state index in [0.717, 1.165) is 40.4 Å². The number of aromatic nitrogens is 8. The molecule has 0 N–H and O–H groups in total. The summed E-state index contributed by atoms with van der Waals surface area (Å²) < 4.78 is 3.48. The van der Waals surface area contributed by atoms with E-state index in [2.05, 4.69) is 48.4 Å². The van der Waals surface area contributed by atoms with E-state index in [1.807, 2.05) is 28.0 Å². The Kier molecular flexibility index (Phi) is 4.36. The van der Waals surface area contributed by atoms with E-state index in [1.165, 1.54) is 22.2 Å². The molecule has 1 aliphatic carbocycles. The van der Waals surface area contributed by atoms with E-state index >= 15 is 0 Å². The smallest absolute Gasteiger partial charge is 0.167 e. The predicted molar refractivity (Wildman–Crippen MR) is 123 cm³/mol. The molecule has 0 saturated heterocycles.